The van der Waals surface area contributed by atoms with Crippen LogP contribution in [0.4, 0.5) is 34.7 Å². The number of ether oxygens (including phenoxy) is 6. The van der Waals surface area contributed by atoms with E-state index in [0.29, 0.717) is 125 Å². The average molecular weight is 1410 g/mol. The molecule has 544 valence electrons. The second kappa shape index (κ2) is 29.4. The number of amides is 2. The second-order valence-electron chi connectivity index (χ2n) is 30.6. The molecule has 8 saturated heterocycles. The number of nitrogens with zero attached hydrogens (tertiary/aromatic N) is 12. The Hall–Kier alpha value is -8.25. The molecule has 8 aliphatic heterocycles. The second-order valence-corrected chi connectivity index (χ2v) is 30.6. The van der Waals surface area contributed by atoms with E-state index in [-0.39, 0.29) is 63.1 Å². The number of halogens is 3. The third kappa shape index (κ3) is 13.3. The highest BCUT2D eigenvalue weighted by Gasteiger charge is 2.52. The van der Waals surface area contributed by atoms with Crippen molar-refractivity contribution in [3.63, 3.8) is 0 Å². The van der Waals surface area contributed by atoms with Crippen molar-refractivity contribution in [2.45, 2.75) is 140 Å². The van der Waals surface area contributed by atoms with Crippen molar-refractivity contribution in [2.75, 3.05) is 128 Å². The lowest BCUT2D eigenvalue weighted by Crippen LogP contribution is -2.48. The highest BCUT2D eigenvalue weighted by Crippen LogP contribution is 2.48. The SMILES string of the molecule is CCc1cccc2cccc(-c3ncc4c(N5CC6CCC(C6)C5)nc(OC[C@]56CCCN5[C@@H](COC(=O)N5CCOCC5)CC6)nc4c3F)c12.CCc1cccc2cccc(-c3ncc4c(N5CC6CCC(C6)C5)nc(OC[C@]56CCCN5[C@@H](COC(=O)N5CCOCC5)CC6)nc4c3F)c12.F. The number of aryl methyl sites for hydroxylation is 2. The van der Waals surface area contributed by atoms with Crippen LogP contribution >= 0.6 is 0 Å². The molecule has 4 aromatic heterocycles. The summed E-state index contributed by atoms with van der Waals surface area (Å²) in [6, 6.07) is 25.2. The molecule has 103 heavy (non-hydrogen) atoms. The molecule has 0 radical (unpaired) electrons. The number of aromatic nitrogens is 6. The Morgan fingerprint density at radius 3 is 1.31 bits per heavy atom. The Bertz CT molecular complexity index is 4160. The van der Waals surface area contributed by atoms with Gasteiger partial charge in [-0.2, -0.15) is 19.9 Å². The Morgan fingerprint density at radius 2 is 0.913 bits per heavy atom. The molecule has 2 aliphatic carbocycles. The van der Waals surface area contributed by atoms with Gasteiger partial charge < -0.3 is 48.0 Å². The minimum absolute atomic E-state index is 0. The fraction of sp³-hybridized carbons (Fsp3) is 0.550. The average Bonchev–Trinajstić information content (AvgIpc) is 1.45. The van der Waals surface area contributed by atoms with Gasteiger partial charge in [0, 0.05) is 88.0 Å². The molecular formula is C80H95F3N12O8. The van der Waals surface area contributed by atoms with Crippen LogP contribution in [-0.2, 0) is 31.8 Å². The summed E-state index contributed by atoms with van der Waals surface area (Å²) in [7, 11) is 0. The Kier molecular flexibility index (Phi) is 19.7. The van der Waals surface area contributed by atoms with Crippen LogP contribution in [0.5, 0.6) is 12.0 Å². The quantitative estimate of drug-likeness (QED) is 0.0888. The van der Waals surface area contributed by atoms with Crippen LogP contribution in [0.2, 0.25) is 0 Å². The summed E-state index contributed by atoms with van der Waals surface area (Å²) in [5, 5.41) is 5.44. The molecule has 23 heteroatoms. The van der Waals surface area contributed by atoms with Crippen LogP contribution in [0.15, 0.2) is 85.2 Å². The summed E-state index contributed by atoms with van der Waals surface area (Å²) in [5.41, 5.74) is 4.58. The first kappa shape index (κ1) is 69.1. The van der Waals surface area contributed by atoms with Gasteiger partial charge in [0.2, 0.25) is 0 Å². The number of hydrogen-bond donors (Lipinski definition) is 0. The molecule has 2 amide bonds. The van der Waals surface area contributed by atoms with Crippen molar-refractivity contribution < 1.29 is 51.5 Å². The zero-order valence-electron chi connectivity index (χ0n) is 59.4. The predicted octanol–water partition coefficient (Wildman–Crippen LogP) is 13.4. The lowest BCUT2D eigenvalue weighted by Gasteiger charge is -2.35. The van der Waals surface area contributed by atoms with Crippen LogP contribution in [0.1, 0.15) is 115 Å². The van der Waals surface area contributed by atoms with Crippen LogP contribution in [0.25, 0.3) is 65.9 Å². The predicted molar refractivity (Wildman–Crippen MR) is 390 cm³/mol. The maximum Gasteiger partial charge on any atom is 0.409 e. The minimum Gasteiger partial charge on any atom is -0.461 e. The molecule has 10 aliphatic rings. The van der Waals surface area contributed by atoms with Crippen molar-refractivity contribution in [3.05, 3.63) is 108 Å². The van der Waals surface area contributed by atoms with Gasteiger partial charge in [0.05, 0.1) is 48.3 Å². The zero-order valence-corrected chi connectivity index (χ0v) is 59.4. The maximum absolute atomic E-state index is 17.0. The molecule has 20 nitrogen and oxygen atoms in total. The Morgan fingerprint density at radius 1 is 0.515 bits per heavy atom. The molecule has 4 bridgehead atoms. The molecule has 8 aromatic rings. The van der Waals surface area contributed by atoms with E-state index >= 15 is 8.78 Å². The third-order valence-electron chi connectivity index (χ3n) is 24.7. The fourth-order valence-corrected chi connectivity index (χ4v) is 19.6. The first-order valence-corrected chi connectivity index (χ1v) is 38.0. The number of pyridine rings is 2. The van der Waals surface area contributed by atoms with E-state index in [4.69, 9.17) is 58.3 Å². The van der Waals surface area contributed by atoms with E-state index in [1.165, 1.54) is 38.5 Å². The molecule has 12 heterocycles. The number of carbonyl (C=O) groups is 2. The van der Waals surface area contributed by atoms with Crippen molar-refractivity contribution in [2.24, 2.45) is 23.7 Å². The van der Waals surface area contributed by atoms with Crippen molar-refractivity contribution >= 4 is 67.2 Å². The molecule has 10 fully saturated rings. The monoisotopic (exact) mass is 1410 g/mol. The summed E-state index contributed by atoms with van der Waals surface area (Å²) in [6.45, 7) is 15.7. The lowest BCUT2D eigenvalue weighted by molar-refractivity contribution is 0.0137. The van der Waals surface area contributed by atoms with E-state index in [2.05, 4.69) is 82.0 Å². The van der Waals surface area contributed by atoms with Crippen LogP contribution in [0.3, 0.4) is 0 Å². The molecule has 4 unspecified atom stereocenters. The molecule has 8 atom stereocenters. The zero-order chi connectivity index (χ0) is 69.1. The highest BCUT2D eigenvalue weighted by atomic mass is 19.1. The number of benzene rings is 4. The van der Waals surface area contributed by atoms with Gasteiger partial charge >= 0.3 is 24.2 Å². The third-order valence-corrected chi connectivity index (χ3v) is 24.7. The topological polar surface area (TPSA) is 186 Å². The summed E-state index contributed by atoms with van der Waals surface area (Å²) >= 11 is 0. The van der Waals surface area contributed by atoms with Gasteiger partial charge in [0.1, 0.15) is 60.5 Å². The number of fused-ring (bicyclic) bond motifs is 10. The van der Waals surface area contributed by atoms with Crippen molar-refractivity contribution in [1.29, 1.82) is 0 Å². The molecule has 18 rings (SSSR count). The van der Waals surface area contributed by atoms with Crippen molar-refractivity contribution in [1.82, 2.24) is 49.5 Å². The fourth-order valence-electron chi connectivity index (χ4n) is 19.6. The van der Waals surface area contributed by atoms with Crippen LogP contribution in [-0.4, -0.2) is 203 Å². The normalized spacial score (nSPS) is 26.0. The Balaban J connectivity index is 0.000000158. The number of piperidine rings is 2. The molecule has 4 aromatic carbocycles. The standard InChI is InChI=1S/2C40H47FN6O4.FH/c2*1-2-28-6-3-7-29-8-4-9-31(33(28)29)35-34(41)36-32(21-42-35)37(46-22-26-10-11-27(20-26)23-46)44-38(43-36)51-25-40-13-5-15-47(40)30(12-14-40)24-50-39(48)45-16-18-49-19-17-45;/h2*3-4,6-9,21,26-27,30H,2,5,10-20,22-25H2,1H3;1H/t2*26?,27?,30-,40-;/m11./s1. The maximum atomic E-state index is 17.0. The van der Waals surface area contributed by atoms with E-state index < -0.39 is 11.6 Å². The lowest BCUT2D eigenvalue weighted by atomic mass is 9.95. The van der Waals surface area contributed by atoms with Gasteiger partial charge in [-0.3, -0.25) is 24.5 Å². The first-order chi connectivity index (χ1) is 50.0. The highest BCUT2D eigenvalue weighted by molar-refractivity contribution is 6.02. The number of rotatable bonds is 16. The van der Waals surface area contributed by atoms with Gasteiger partial charge in [-0.25, -0.2) is 18.4 Å². The number of carbonyl (C=O) groups excluding carboxylic acids is 2. The summed E-state index contributed by atoms with van der Waals surface area (Å²) in [5.74, 6) is 3.04. The summed E-state index contributed by atoms with van der Waals surface area (Å²) in [4.78, 5) is 67.8. The molecular weight excluding hydrogens is 1310 g/mol. The molecule has 0 spiro atoms. The van der Waals surface area contributed by atoms with Gasteiger partial charge in [-0.15, -0.1) is 0 Å². The van der Waals surface area contributed by atoms with E-state index in [9.17, 15) is 9.59 Å². The van der Waals surface area contributed by atoms with E-state index in [1.54, 1.807) is 22.2 Å². The largest absolute Gasteiger partial charge is 0.461 e. The molecule has 2 saturated carbocycles. The number of hydrogen-bond acceptors (Lipinski definition) is 18. The van der Waals surface area contributed by atoms with E-state index in [0.717, 1.165) is 159 Å². The van der Waals surface area contributed by atoms with Crippen molar-refractivity contribution in [3.8, 4) is 34.5 Å². The van der Waals surface area contributed by atoms with Crippen LogP contribution < -0.4 is 19.3 Å². The van der Waals surface area contributed by atoms with Gasteiger partial charge in [0.15, 0.2) is 11.6 Å². The number of morpholine rings is 2. The van der Waals surface area contributed by atoms with Gasteiger partial charge in [0.25, 0.3) is 0 Å². The summed E-state index contributed by atoms with van der Waals surface area (Å²) in [6.07, 6.45) is 19.9. The number of anilines is 2. The van der Waals surface area contributed by atoms with Gasteiger partial charge in [-0.05, 0) is 172 Å². The Labute approximate surface area is 599 Å². The first-order valence-electron chi connectivity index (χ1n) is 38.0. The van der Waals surface area contributed by atoms with Gasteiger partial charge in [-0.1, -0.05) is 86.6 Å². The summed E-state index contributed by atoms with van der Waals surface area (Å²) < 4.78 is 69.6. The van der Waals surface area contributed by atoms with E-state index in [1.807, 2.05) is 24.3 Å². The minimum atomic E-state index is -0.442. The smallest absolute Gasteiger partial charge is 0.409 e. The van der Waals surface area contributed by atoms with Crippen LogP contribution in [0, 0.1) is 35.3 Å². The molecule has 0 N–H and O–H groups in total.